The maximum absolute atomic E-state index is 12.1. The van der Waals surface area contributed by atoms with Gasteiger partial charge in [-0.15, -0.1) is 5.75 Å². The second-order valence-electron chi connectivity index (χ2n) is 16.2. The Morgan fingerprint density at radius 3 is 1.21 bits per heavy atom. The van der Waals surface area contributed by atoms with Crippen LogP contribution in [-0.2, 0) is 33.1 Å². The van der Waals surface area contributed by atoms with Crippen LogP contribution < -0.4 is 14.6 Å². The van der Waals surface area contributed by atoms with Crippen molar-refractivity contribution >= 4 is 58.0 Å². The Bertz CT molecular complexity index is 1910. The van der Waals surface area contributed by atoms with E-state index in [4.69, 9.17) is 9.47 Å². The van der Waals surface area contributed by atoms with Gasteiger partial charge in [0, 0.05) is 6.07 Å². The number of phenolic OH excluding ortho intramolecular Hbond substituents is 1. The molecular weight excluding hydrogens is 865 g/mol. The van der Waals surface area contributed by atoms with E-state index < -0.39 is 25.1 Å². The van der Waals surface area contributed by atoms with Crippen molar-refractivity contribution in [2.75, 3.05) is 0 Å². The summed E-state index contributed by atoms with van der Waals surface area (Å²) < 4.78 is 81.0. The number of unbranched alkanes of at least 4 members (excludes halogenated alkanes) is 20. The van der Waals surface area contributed by atoms with Gasteiger partial charge in [0.25, 0.3) is 10.1 Å². The van der Waals surface area contributed by atoms with Gasteiger partial charge in [-0.25, -0.2) is 8.42 Å². The molecule has 0 fully saturated rings. The monoisotopic (exact) mass is 934 g/mol. The number of aryl methyl sites for hydroxylation is 2. The molecule has 0 aromatic heterocycles. The maximum atomic E-state index is 12.1. The van der Waals surface area contributed by atoms with Gasteiger partial charge < -0.3 is 24.2 Å². The number of rotatable bonds is 30. The van der Waals surface area contributed by atoms with Crippen LogP contribution in [0.4, 0.5) is 0 Å². The van der Waals surface area contributed by atoms with Crippen molar-refractivity contribution in [1.82, 2.24) is 0 Å². The molecule has 0 unspecified atom stereocenters. The molecule has 4 aromatic rings. The zero-order valence-electron chi connectivity index (χ0n) is 37.7. The topological polar surface area (TPSA) is 173 Å². The van der Waals surface area contributed by atoms with Gasteiger partial charge in [-0.3, -0.25) is 4.55 Å². The molecule has 0 radical (unpaired) electrons. The molecule has 13 heteroatoms. The average Bonchev–Trinajstić information content (AvgIpc) is 3.21. The normalized spacial score (nSPS) is 11.4. The first kappa shape index (κ1) is 56.3. The first-order valence-electron chi connectivity index (χ1n) is 22.9. The van der Waals surface area contributed by atoms with Crippen LogP contribution in [-0.4, -0.2) is 68.8 Å². The molecule has 4 rings (SSSR count). The number of aromatic hydroxyl groups is 1. The predicted octanol–water partition coefficient (Wildman–Crippen LogP) is 13.2. The third kappa shape index (κ3) is 23.3. The van der Waals surface area contributed by atoms with Crippen LogP contribution in [0.2, 0.25) is 0 Å². The molecule has 0 bridgehead atoms. The molecule has 0 aliphatic carbocycles. The SMILES string of the molecule is CCCCCCCCCCCCCc1cc(O)cc(Oc2ccccc2)c1S(=O)(=O)O.CCCCCCCCCCCCCc1cc([O-])cc(Oc2ccccc2)c1S(=O)(=O)[O-].[Ca+2]. The van der Waals surface area contributed by atoms with Gasteiger partial charge in [-0.05, 0) is 73.2 Å². The van der Waals surface area contributed by atoms with E-state index in [1.807, 2.05) is 6.07 Å². The van der Waals surface area contributed by atoms with Crippen LogP contribution in [0.3, 0.4) is 0 Å². The van der Waals surface area contributed by atoms with Gasteiger partial charge in [-0.2, -0.15) is 8.42 Å². The van der Waals surface area contributed by atoms with Crippen molar-refractivity contribution in [1.29, 1.82) is 0 Å². The summed E-state index contributed by atoms with van der Waals surface area (Å²) in [5, 5.41) is 22.2. The summed E-state index contributed by atoms with van der Waals surface area (Å²) >= 11 is 0. The average molecular weight is 935 g/mol. The summed E-state index contributed by atoms with van der Waals surface area (Å²) in [4.78, 5) is -0.677. The molecule has 10 nitrogen and oxygen atoms in total. The molecule has 0 aliphatic rings. The number of hydrogen-bond acceptors (Lipinski definition) is 9. The fourth-order valence-electron chi connectivity index (χ4n) is 7.57. The predicted molar refractivity (Wildman–Crippen MR) is 251 cm³/mol. The van der Waals surface area contributed by atoms with E-state index in [0.717, 1.165) is 51.0 Å². The first-order valence-corrected chi connectivity index (χ1v) is 25.8. The number of para-hydroxylation sites is 2. The summed E-state index contributed by atoms with van der Waals surface area (Å²) in [6, 6.07) is 22.2. The van der Waals surface area contributed by atoms with Crippen LogP contribution in [0.1, 0.15) is 166 Å². The van der Waals surface area contributed by atoms with Gasteiger partial charge in [0.15, 0.2) is 5.75 Å². The molecule has 63 heavy (non-hydrogen) atoms. The minimum absolute atomic E-state index is 0. The zero-order chi connectivity index (χ0) is 45.1. The summed E-state index contributed by atoms with van der Waals surface area (Å²) in [5.74, 6) is 0.101. The van der Waals surface area contributed by atoms with Crippen molar-refractivity contribution in [3.8, 4) is 34.5 Å². The molecule has 0 saturated heterocycles. The summed E-state index contributed by atoms with van der Waals surface area (Å²) in [6.45, 7) is 4.45. The third-order valence-electron chi connectivity index (χ3n) is 10.8. The van der Waals surface area contributed by atoms with Crippen LogP contribution in [0.15, 0.2) is 94.7 Å². The van der Waals surface area contributed by atoms with E-state index in [0.29, 0.717) is 29.9 Å². The summed E-state index contributed by atoms with van der Waals surface area (Å²) in [6.07, 6.45) is 26.9. The van der Waals surface area contributed by atoms with Crippen LogP contribution in [0.5, 0.6) is 34.5 Å². The van der Waals surface area contributed by atoms with Crippen LogP contribution in [0, 0.1) is 0 Å². The Labute approximate surface area is 408 Å². The smallest absolute Gasteiger partial charge is 0.872 e. The van der Waals surface area contributed by atoms with Gasteiger partial charge in [0.2, 0.25) is 0 Å². The Morgan fingerprint density at radius 2 is 0.841 bits per heavy atom. The quantitative estimate of drug-likeness (QED) is 0.0291. The van der Waals surface area contributed by atoms with Crippen molar-refractivity contribution in [2.24, 2.45) is 0 Å². The van der Waals surface area contributed by atoms with E-state index in [1.165, 1.54) is 115 Å². The largest absolute Gasteiger partial charge is 2.00 e. The maximum Gasteiger partial charge on any atom is 2.00 e. The number of phenols is 1. The minimum Gasteiger partial charge on any atom is -0.872 e. The molecular formula is C50H70CaO10S2. The summed E-state index contributed by atoms with van der Waals surface area (Å²) in [5.41, 5.74) is 0.633. The molecule has 0 saturated carbocycles. The van der Waals surface area contributed by atoms with Crippen molar-refractivity contribution in [3.63, 3.8) is 0 Å². The Hall–Kier alpha value is -2.84. The molecule has 344 valence electrons. The fourth-order valence-corrected chi connectivity index (χ4v) is 9.24. The molecule has 0 heterocycles. The Kier molecular flexibility index (Phi) is 28.5. The molecule has 4 aromatic carbocycles. The zero-order valence-corrected chi connectivity index (χ0v) is 41.6. The minimum atomic E-state index is -4.78. The fraction of sp³-hybridized carbons (Fsp3) is 0.520. The number of hydrogen-bond donors (Lipinski definition) is 2. The number of benzene rings is 4. The van der Waals surface area contributed by atoms with E-state index >= 15 is 0 Å². The molecule has 0 amide bonds. The molecule has 2 N–H and O–H groups in total. The van der Waals surface area contributed by atoms with E-state index in [2.05, 4.69) is 13.8 Å². The Morgan fingerprint density at radius 1 is 0.492 bits per heavy atom. The van der Waals surface area contributed by atoms with Crippen molar-refractivity contribution in [2.45, 2.75) is 178 Å². The first-order chi connectivity index (χ1) is 29.8. The number of ether oxygens (including phenoxy) is 2. The van der Waals surface area contributed by atoms with E-state index in [1.54, 1.807) is 54.6 Å². The molecule has 0 aliphatic heterocycles. The standard InChI is InChI=1S/2C25H36O5S.Ca/c2*1-2-3-4-5-6-7-8-9-10-11-13-16-21-19-22(26)20-24(25(21)31(27,28)29)30-23-17-14-12-15-18-23;/h2*12,14-15,17-20,26H,2-11,13,16H2,1H3,(H,27,28,29);/q;;+2/p-2. The van der Waals surface area contributed by atoms with Crippen molar-refractivity contribution in [3.05, 3.63) is 96.1 Å². The van der Waals surface area contributed by atoms with Gasteiger partial charge in [0.05, 0.1) is 0 Å². The molecule has 0 spiro atoms. The third-order valence-corrected chi connectivity index (χ3v) is 12.7. The van der Waals surface area contributed by atoms with Gasteiger partial charge in [0.1, 0.15) is 42.9 Å². The van der Waals surface area contributed by atoms with Gasteiger partial charge >= 0.3 is 37.7 Å². The Balaban J connectivity index is 0.000000427. The van der Waals surface area contributed by atoms with Crippen LogP contribution >= 0.6 is 0 Å². The molecule has 0 atom stereocenters. The second-order valence-corrected chi connectivity index (χ2v) is 18.8. The van der Waals surface area contributed by atoms with Gasteiger partial charge in [-0.1, -0.05) is 185 Å². The van der Waals surface area contributed by atoms with E-state index in [9.17, 15) is 36.2 Å². The summed E-state index contributed by atoms with van der Waals surface area (Å²) in [7, 11) is -9.28. The van der Waals surface area contributed by atoms with Crippen LogP contribution in [0.25, 0.3) is 0 Å². The second kappa shape index (κ2) is 31.9. The van der Waals surface area contributed by atoms with E-state index in [-0.39, 0.29) is 71.2 Å². The van der Waals surface area contributed by atoms with Crippen molar-refractivity contribution < 1.29 is 45.6 Å².